The molecule has 3 saturated heterocycles. The number of sulfone groups is 1. The Bertz CT molecular complexity index is 1010. The van der Waals surface area contributed by atoms with Crippen LogP contribution in [0.1, 0.15) is 30.2 Å². The van der Waals surface area contributed by atoms with Crippen LogP contribution in [-0.2, 0) is 14.6 Å². The molecule has 1 amide bonds. The zero-order valence-electron chi connectivity index (χ0n) is 17.8. The van der Waals surface area contributed by atoms with Gasteiger partial charge in [-0.3, -0.25) is 14.6 Å². The fourth-order valence-corrected chi connectivity index (χ4v) is 7.97. The monoisotopic (exact) mass is 462 g/mol. The number of carbonyl (C=O) groups is 1. The largest absolute Gasteiger partial charge is 0.341 e. The number of rotatable bonds is 4. The summed E-state index contributed by atoms with van der Waals surface area (Å²) < 4.78 is 24.7. The van der Waals surface area contributed by atoms with Crippen LogP contribution in [0.25, 0.3) is 10.2 Å². The van der Waals surface area contributed by atoms with Gasteiger partial charge >= 0.3 is 0 Å². The molecule has 2 atom stereocenters. The Morgan fingerprint density at radius 1 is 1.10 bits per heavy atom. The Balaban J connectivity index is 1.14. The van der Waals surface area contributed by atoms with Gasteiger partial charge in [-0.1, -0.05) is 12.1 Å². The Morgan fingerprint density at radius 2 is 1.90 bits per heavy atom. The van der Waals surface area contributed by atoms with Gasteiger partial charge in [-0.15, -0.1) is 11.3 Å². The van der Waals surface area contributed by atoms with Gasteiger partial charge in [0.1, 0.15) is 0 Å². The van der Waals surface area contributed by atoms with E-state index in [1.54, 1.807) is 11.3 Å². The summed E-state index contributed by atoms with van der Waals surface area (Å²) in [5.41, 5.74) is 1.05. The molecule has 0 aliphatic carbocycles. The van der Waals surface area contributed by atoms with Crippen LogP contribution < -0.4 is 0 Å². The fraction of sp³-hybridized carbons (Fsp3) is 0.636. The molecule has 3 aliphatic rings. The molecule has 4 heterocycles. The van der Waals surface area contributed by atoms with Crippen molar-refractivity contribution in [2.45, 2.75) is 31.2 Å². The molecule has 0 bridgehead atoms. The van der Waals surface area contributed by atoms with Crippen molar-refractivity contribution in [3.63, 3.8) is 0 Å². The first-order valence-electron chi connectivity index (χ1n) is 11.3. The lowest BCUT2D eigenvalue weighted by atomic mass is 9.98. The molecule has 0 radical (unpaired) electrons. The van der Waals surface area contributed by atoms with Gasteiger partial charge in [0.25, 0.3) is 0 Å². The molecule has 0 spiro atoms. The van der Waals surface area contributed by atoms with Gasteiger partial charge in [-0.05, 0) is 31.4 Å². The first-order valence-corrected chi connectivity index (χ1v) is 13.9. The molecule has 3 fully saturated rings. The molecule has 2 aromatic rings. The van der Waals surface area contributed by atoms with E-state index in [9.17, 15) is 13.2 Å². The van der Waals surface area contributed by atoms with Crippen molar-refractivity contribution in [1.82, 2.24) is 19.7 Å². The van der Waals surface area contributed by atoms with E-state index in [2.05, 4.69) is 21.9 Å². The van der Waals surface area contributed by atoms with Gasteiger partial charge in [0.15, 0.2) is 9.84 Å². The fourth-order valence-electron chi connectivity index (χ4n) is 5.11. The number of piperidine rings is 1. The van der Waals surface area contributed by atoms with Crippen molar-refractivity contribution in [2.75, 3.05) is 57.3 Å². The van der Waals surface area contributed by atoms with Crippen molar-refractivity contribution in [2.24, 2.45) is 0 Å². The number of carbonyl (C=O) groups excluding carboxylic acids is 1. The molecule has 2 unspecified atom stereocenters. The predicted molar refractivity (Wildman–Crippen MR) is 123 cm³/mol. The number of para-hydroxylation sites is 1. The summed E-state index contributed by atoms with van der Waals surface area (Å²) in [4.78, 5) is 24.4. The van der Waals surface area contributed by atoms with Gasteiger partial charge in [0.05, 0.1) is 33.3 Å². The normalized spacial score (nSPS) is 27.7. The Morgan fingerprint density at radius 3 is 2.65 bits per heavy atom. The summed E-state index contributed by atoms with van der Waals surface area (Å²) in [7, 11) is -2.85. The lowest BCUT2D eigenvalue weighted by Gasteiger charge is -2.39. The van der Waals surface area contributed by atoms with Crippen LogP contribution in [0.3, 0.4) is 0 Å². The number of benzene rings is 1. The molecule has 1 aromatic carbocycles. The summed E-state index contributed by atoms with van der Waals surface area (Å²) in [6.07, 6.45) is 2.87. The highest BCUT2D eigenvalue weighted by atomic mass is 32.2. The van der Waals surface area contributed by atoms with Crippen molar-refractivity contribution in [3.05, 3.63) is 29.3 Å². The van der Waals surface area contributed by atoms with Gasteiger partial charge < -0.3 is 4.90 Å². The number of aromatic nitrogens is 1. The highest BCUT2D eigenvalue weighted by Gasteiger charge is 2.34. The molecule has 9 heteroatoms. The summed E-state index contributed by atoms with van der Waals surface area (Å²) in [6.45, 7) is 5.42. The van der Waals surface area contributed by atoms with E-state index in [-0.39, 0.29) is 11.9 Å². The van der Waals surface area contributed by atoms with E-state index in [0.717, 1.165) is 69.1 Å². The van der Waals surface area contributed by atoms with Gasteiger partial charge in [-0.25, -0.2) is 13.4 Å². The second kappa shape index (κ2) is 8.77. The van der Waals surface area contributed by atoms with Gasteiger partial charge in [0.2, 0.25) is 5.91 Å². The van der Waals surface area contributed by atoms with Crippen molar-refractivity contribution >= 4 is 37.3 Å². The van der Waals surface area contributed by atoms with Gasteiger partial charge in [0, 0.05) is 51.2 Å². The first-order chi connectivity index (χ1) is 15.0. The van der Waals surface area contributed by atoms with E-state index >= 15 is 0 Å². The number of fused-ring (bicyclic) bond motifs is 1. The maximum Gasteiger partial charge on any atom is 0.236 e. The lowest BCUT2D eigenvalue weighted by Crippen LogP contribution is -2.53. The minimum absolute atomic E-state index is 0.166. The van der Waals surface area contributed by atoms with E-state index in [4.69, 9.17) is 4.98 Å². The summed E-state index contributed by atoms with van der Waals surface area (Å²) in [5, 5.41) is 1.15. The Labute approximate surface area is 187 Å². The van der Waals surface area contributed by atoms with Crippen LogP contribution in [0.15, 0.2) is 24.3 Å². The zero-order valence-corrected chi connectivity index (χ0v) is 19.4. The number of piperazine rings is 1. The lowest BCUT2D eigenvalue weighted by molar-refractivity contribution is -0.134. The number of likely N-dealkylation sites (tertiary alicyclic amines) is 1. The first kappa shape index (κ1) is 21.3. The minimum Gasteiger partial charge on any atom is -0.341 e. The third-order valence-corrected chi connectivity index (χ3v) is 9.87. The topological polar surface area (TPSA) is 73.8 Å². The van der Waals surface area contributed by atoms with Crippen LogP contribution in [0.2, 0.25) is 0 Å². The number of thiazole rings is 1. The molecule has 3 aliphatic heterocycles. The zero-order chi connectivity index (χ0) is 21.4. The Kier molecular flexibility index (Phi) is 6.02. The average molecular weight is 463 g/mol. The van der Waals surface area contributed by atoms with Crippen molar-refractivity contribution < 1.29 is 13.2 Å². The third kappa shape index (κ3) is 4.79. The molecule has 0 saturated carbocycles. The molecule has 7 nitrogen and oxygen atoms in total. The van der Waals surface area contributed by atoms with Crippen LogP contribution in [-0.4, -0.2) is 97.4 Å². The number of hydrogen-bond donors (Lipinski definition) is 0. The number of amides is 1. The predicted octanol–water partition coefficient (Wildman–Crippen LogP) is 1.81. The third-order valence-electron chi connectivity index (χ3n) is 6.92. The van der Waals surface area contributed by atoms with E-state index in [1.165, 1.54) is 4.70 Å². The minimum atomic E-state index is -2.85. The molecule has 31 heavy (non-hydrogen) atoms. The van der Waals surface area contributed by atoms with Crippen molar-refractivity contribution in [3.8, 4) is 0 Å². The second-order valence-electron chi connectivity index (χ2n) is 9.07. The highest BCUT2D eigenvalue weighted by molar-refractivity contribution is 7.91. The molecule has 1 aromatic heterocycles. The summed E-state index contributed by atoms with van der Waals surface area (Å²) in [6, 6.07) is 8.41. The maximum absolute atomic E-state index is 13.0. The summed E-state index contributed by atoms with van der Waals surface area (Å²) in [5.74, 6) is 1.16. The Hall–Kier alpha value is -1.55. The second-order valence-corrected chi connectivity index (χ2v) is 12.4. The van der Waals surface area contributed by atoms with Crippen LogP contribution in [0, 0.1) is 0 Å². The van der Waals surface area contributed by atoms with E-state index in [1.807, 2.05) is 17.0 Å². The van der Waals surface area contributed by atoms with E-state index in [0.29, 0.717) is 24.0 Å². The molecule has 5 rings (SSSR count). The van der Waals surface area contributed by atoms with E-state index < -0.39 is 9.84 Å². The molecule has 168 valence electrons. The molecular formula is C22H30N4O3S2. The quantitative estimate of drug-likeness (QED) is 0.690. The van der Waals surface area contributed by atoms with Crippen LogP contribution in [0.5, 0.6) is 0 Å². The summed E-state index contributed by atoms with van der Waals surface area (Å²) >= 11 is 1.76. The number of hydrogen-bond acceptors (Lipinski definition) is 7. The van der Waals surface area contributed by atoms with Crippen LogP contribution in [0.4, 0.5) is 0 Å². The van der Waals surface area contributed by atoms with Crippen molar-refractivity contribution in [1.29, 1.82) is 0 Å². The highest BCUT2D eigenvalue weighted by Crippen LogP contribution is 2.33. The average Bonchev–Trinajstić information content (AvgIpc) is 3.37. The van der Waals surface area contributed by atoms with Crippen LogP contribution >= 0.6 is 11.3 Å². The maximum atomic E-state index is 13.0. The smallest absolute Gasteiger partial charge is 0.236 e. The number of nitrogens with zero attached hydrogens (tertiary/aromatic N) is 4. The van der Waals surface area contributed by atoms with Gasteiger partial charge in [-0.2, -0.15) is 0 Å². The standard InChI is InChI=1S/C22H30N4O3S2/c27-21(15-24-9-11-25(12-10-24)18-7-13-31(28,29)16-18)26-8-3-4-17(14-26)22-23-19-5-1-2-6-20(19)30-22/h1-2,5-6,17-18H,3-4,7-16H2. The SMILES string of the molecule is O=C(CN1CCN(C2CCS(=O)(=O)C2)CC1)N1CCCC(c2nc3ccccc3s2)C1. The molecule has 0 N–H and O–H groups in total. The molecular weight excluding hydrogens is 432 g/mol.